The maximum atomic E-state index is 5.52. The molecular weight excluding hydrogens is 242 g/mol. The van der Waals surface area contributed by atoms with Crippen molar-refractivity contribution in [3.63, 3.8) is 0 Å². The van der Waals surface area contributed by atoms with Crippen LogP contribution in [0.2, 0.25) is 0 Å². The first-order valence-electron chi connectivity index (χ1n) is 6.25. The largest absolute Gasteiger partial charge is 0.490 e. The van der Waals surface area contributed by atoms with Gasteiger partial charge in [0.25, 0.3) is 0 Å². The molecular formula is C14H17N3O2. The second-order valence-corrected chi connectivity index (χ2v) is 3.78. The summed E-state index contributed by atoms with van der Waals surface area (Å²) in [6.07, 6.45) is 3.25. The molecule has 0 unspecified atom stereocenters. The normalized spacial score (nSPS) is 9.95. The van der Waals surface area contributed by atoms with Gasteiger partial charge in [0.15, 0.2) is 0 Å². The Hall–Kier alpha value is -2.30. The van der Waals surface area contributed by atoms with E-state index in [0.717, 1.165) is 12.3 Å². The minimum atomic E-state index is 0.430. The molecule has 5 nitrogen and oxygen atoms in total. The highest BCUT2D eigenvalue weighted by molar-refractivity contribution is 5.32. The molecule has 0 atom stereocenters. The second kappa shape index (κ2) is 7.20. The van der Waals surface area contributed by atoms with Crippen LogP contribution in [0.15, 0.2) is 42.7 Å². The Balaban J connectivity index is 1.75. The van der Waals surface area contributed by atoms with Gasteiger partial charge >= 0.3 is 0 Å². The van der Waals surface area contributed by atoms with Crippen molar-refractivity contribution in [2.75, 3.05) is 25.1 Å². The Morgan fingerprint density at radius 1 is 1.05 bits per heavy atom. The fraction of sp³-hybridized carbons (Fsp3) is 0.286. The molecule has 0 aliphatic carbocycles. The van der Waals surface area contributed by atoms with Crippen LogP contribution in [0.1, 0.15) is 6.92 Å². The number of aromatic nitrogens is 2. The van der Waals surface area contributed by atoms with E-state index in [1.165, 1.54) is 0 Å². The van der Waals surface area contributed by atoms with E-state index in [9.17, 15) is 0 Å². The third-order valence-corrected chi connectivity index (χ3v) is 2.32. The van der Waals surface area contributed by atoms with Gasteiger partial charge in [-0.2, -0.15) is 4.98 Å². The van der Waals surface area contributed by atoms with Gasteiger partial charge in [0.1, 0.15) is 24.8 Å². The fourth-order valence-electron chi connectivity index (χ4n) is 1.51. The monoisotopic (exact) mass is 259 g/mol. The summed E-state index contributed by atoms with van der Waals surface area (Å²) in [6, 6.07) is 9.63. The Bertz CT molecular complexity index is 491. The van der Waals surface area contributed by atoms with Crippen LogP contribution in [-0.2, 0) is 0 Å². The van der Waals surface area contributed by atoms with Crippen LogP contribution in [-0.4, -0.2) is 29.7 Å². The lowest BCUT2D eigenvalue weighted by molar-refractivity contribution is 0.211. The number of nitrogens with one attached hydrogen (secondary N) is 1. The van der Waals surface area contributed by atoms with E-state index in [0.29, 0.717) is 24.9 Å². The van der Waals surface area contributed by atoms with Gasteiger partial charge < -0.3 is 14.8 Å². The lowest BCUT2D eigenvalue weighted by Crippen LogP contribution is -2.10. The van der Waals surface area contributed by atoms with Gasteiger partial charge in [0.05, 0.1) is 12.4 Å². The van der Waals surface area contributed by atoms with E-state index < -0.39 is 0 Å². The molecule has 0 bridgehead atoms. The number of anilines is 1. The summed E-state index contributed by atoms with van der Waals surface area (Å²) in [6.45, 7) is 3.70. The molecule has 5 heteroatoms. The van der Waals surface area contributed by atoms with Crippen molar-refractivity contribution in [2.45, 2.75) is 6.92 Å². The van der Waals surface area contributed by atoms with Gasteiger partial charge in [-0.3, -0.25) is 4.98 Å². The zero-order valence-electron chi connectivity index (χ0n) is 10.9. The predicted molar refractivity (Wildman–Crippen MR) is 73.6 cm³/mol. The van der Waals surface area contributed by atoms with Crippen molar-refractivity contribution in [3.05, 3.63) is 42.7 Å². The first-order chi connectivity index (χ1) is 9.38. The van der Waals surface area contributed by atoms with Crippen molar-refractivity contribution in [1.82, 2.24) is 9.97 Å². The maximum absolute atomic E-state index is 5.52. The zero-order chi connectivity index (χ0) is 13.3. The number of benzene rings is 1. The van der Waals surface area contributed by atoms with Crippen LogP contribution in [0, 0.1) is 0 Å². The molecule has 100 valence electrons. The van der Waals surface area contributed by atoms with E-state index in [-0.39, 0.29) is 0 Å². The third kappa shape index (κ3) is 4.46. The summed E-state index contributed by atoms with van der Waals surface area (Å²) in [5, 5.41) is 3.08. The molecule has 0 saturated carbocycles. The zero-order valence-corrected chi connectivity index (χ0v) is 10.9. The highest BCUT2D eigenvalue weighted by atomic mass is 16.5. The SMILES string of the molecule is CCNc1cncc(OCCOc2ccccc2)n1. The average Bonchev–Trinajstić information content (AvgIpc) is 2.46. The molecule has 19 heavy (non-hydrogen) atoms. The Morgan fingerprint density at radius 2 is 1.84 bits per heavy atom. The molecule has 1 aromatic heterocycles. The minimum Gasteiger partial charge on any atom is -0.490 e. The molecule has 2 rings (SSSR count). The first-order valence-corrected chi connectivity index (χ1v) is 6.25. The molecule has 1 aromatic carbocycles. The van der Waals surface area contributed by atoms with Crippen LogP contribution in [0.4, 0.5) is 5.82 Å². The molecule has 0 amide bonds. The van der Waals surface area contributed by atoms with E-state index in [2.05, 4.69) is 15.3 Å². The highest BCUT2D eigenvalue weighted by Gasteiger charge is 1.99. The van der Waals surface area contributed by atoms with E-state index in [4.69, 9.17) is 9.47 Å². The lowest BCUT2D eigenvalue weighted by Gasteiger charge is -2.08. The summed E-state index contributed by atoms with van der Waals surface area (Å²) in [7, 11) is 0. The average molecular weight is 259 g/mol. The molecule has 0 aliphatic rings. The number of hydrogen-bond donors (Lipinski definition) is 1. The number of para-hydroxylation sites is 1. The predicted octanol–water partition coefficient (Wildman–Crippen LogP) is 2.37. The van der Waals surface area contributed by atoms with Gasteiger partial charge in [-0.05, 0) is 19.1 Å². The Morgan fingerprint density at radius 3 is 2.63 bits per heavy atom. The van der Waals surface area contributed by atoms with Crippen LogP contribution in [0.3, 0.4) is 0 Å². The summed E-state index contributed by atoms with van der Waals surface area (Å²) < 4.78 is 11.0. The van der Waals surface area contributed by atoms with Gasteiger partial charge in [-0.1, -0.05) is 18.2 Å². The molecule has 0 aliphatic heterocycles. The van der Waals surface area contributed by atoms with Gasteiger partial charge in [0, 0.05) is 6.54 Å². The van der Waals surface area contributed by atoms with Crippen LogP contribution in [0.25, 0.3) is 0 Å². The smallest absolute Gasteiger partial charge is 0.234 e. The number of hydrogen-bond acceptors (Lipinski definition) is 5. The Labute approximate surface area is 112 Å². The summed E-state index contributed by atoms with van der Waals surface area (Å²) in [5.74, 6) is 2.04. The summed E-state index contributed by atoms with van der Waals surface area (Å²) in [5.41, 5.74) is 0. The first kappa shape index (κ1) is 13.1. The molecule has 2 aromatic rings. The highest BCUT2D eigenvalue weighted by Crippen LogP contribution is 2.10. The van der Waals surface area contributed by atoms with E-state index >= 15 is 0 Å². The molecule has 0 spiro atoms. The van der Waals surface area contributed by atoms with Crippen molar-refractivity contribution in [2.24, 2.45) is 0 Å². The molecule has 0 saturated heterocycles. The maximum Gasteiger partial charge on any atom is 0.234 e. The molecule has 1 N–H and O–H groups in total. The van der Waals surface area contributed by atoms with Crippen molar-refractivity contribution < 1.29 is 9.47 Å². The number of rotatable bonds is 7. The molecule has 0 fully saturated rings. The third-order valence-electron chi connectivity index (χ3n) is 2.32. The van der Waals surface area contributed by atoms with E-state index in [1.54, 1.807) is 12.4 Å². The fourth-order valence-corrected chi connectivity index (χ4v) is 1.51. The Kier molecular flexibility index (Phi) is 4.98. The number of nitrogens with zero attached hydrogens (tertiary/aromatic N) is 2. The lowest BCUT2D eigenvalue weighted by atomic mass is 10.3. The quantitative estimate of drug-likeness (QED) is 0.774. The van der Waals surface area contributed by atoms with E-state index in [1.807, 2.05) is 37.3 Å². The van der Waals surface area contributed by atoms with Crippen LogP contribution < -0.4 is 14.8 Å². The topological polar surface area (TPSA) is 56.3 Å². The summed E-state index contributed by atoms with van der Waals surface area (Å²) >= 11 is 0. The van der Waals surface area contributed by atoms with Crippen molar-refractivity contribution >= 4 is 5.82 Å². The second-order valence-electron chi connectivity index (χ2n) is 3.78. The number of ether oxygens (including phenoxy) is 2. The molecule has 0 radical (unpaired) electrons. The van der Waals surface area contributed by atoms with Crippen molar-refractivity contribution in [1.29, 1.82) is 0 Å². The van der Waals surface area contributed by atoms with Gasteiger partial charge in [-0.25, -0.2) is 0 Å². The molecule has 1 heterocycles. The standard InChI is InChI=1S/C14H17N3O2/c1-2-16-13-10-15-11-14(17-13)19-9-8-18-12-6-4-3-5-7-12/h3-7,10-11H,2,8-9H2,1H3,(H,16,17). The van der Waals surface area contributed by atoms with Gasteiger partial charge in [0.2, 0.25) is 5.88 Å². The minimum absolute atomic E-state index is 0.430. The summed E-state index contributed by atoms with van der Waals surface area (Å²) in [4.78, 5) is 8.30. The van der Waals surface area contributed by atoms with Crippen LogP contribution >= 0.6 is 0 Å². The van der Waals surface area contributed by atoms with Crippen LogP contribution in [0.5, 0.6) is 11.6 Å². The van der Waals surface area contributed by atoms with Gasteiger partial charge in [-0.15, -0.1) is 0 Å². The van der Waals surface area contributed by atoms with Crippen molar-refractivity contribution in [3.8, 4) is 11.6 Å².